The van der Waals surface area contributed by atoms with E-state index in [-0.39, 0.29) is 4.90 Å². The highest BCUT2D eigenvalue weighted by Crippen LogP contribution is 2.16. The molecule has 0 saturated carbocycles. The van der Waals surface area contributed by atoms with Crippen LogP contribution in [0.15, 0.2) is 40.1 Å². The Morgan fingerprint density at radius 3 is 2.95 bits per heavy atom. The lowest BCUT2D eigenvalue weighted by Crippen LogP contribution is -2.26. The van der Waals surface area contributed by atoms with Crippen LogP contribution in [0.2, 0.25) is 0 Å². The third kappa shape index (κ3) is 3.25. The van der Waals surface area contributed by atoms with Gasteiger partial charge < -0.3 is 9.52 Å². The van der Waals surface area contributed by atoms with Gasteiger partial charge in [-0.2, -0.15) is 5.10 Å². The normalized spacial score (nSPS) is 13.2. The van der Waals surface area contributed by atoms with Gasteiger partial charge in [-0.25, -0.2) is 13.1 Å². The average Bonchev–Trinajstić information content (AvgIpc) is 2.97. The Kier molecular flexibility index (Phi) is 3.91. The summed E-state index contributed by atoms with van der Waals surface area (Å²) < 4.78 is 32.7. The van der Waals surface area contributed by atoms with Crippen molar-refractivity contribution in [3.05, 3.63) is 36.5 Å². The maximum absolute atomic E-state index is 12.1. The first-order chi connectivity index (χ1) is 9.38. The highest BCUT2D eigenvalue weighted by atomic mass is 32.2. The van der Waals surface area contributed by atoms with E-state index < -0.39 is 28.6 Å². The molecular formula is C11H13N3O5S. The maximum Gasteiger partial charge on any atom is 0.325 e. The molecule has 20 heavy (non-hydrogen) atoms. The maximum atomic E-state index is 12.1. The first-order valence-electron chi connectivity index (χ1n) is 5.68. The number of sulfonamides is 1. The average molecular weight is 299 g/mol. The fourth-order valence-corrected chi connectivity index (χ4v) is 2.77. The molecule has 2 rings (SSSR count). The molecule has 1 unspecified atom stereocenters. The highest BCUT2D eigenvalue weighted by molar-refractivity contribution is 7.89. The van der Waals surface area contributed by atoms with E-state index >= 15 is 0 Å². The predicted molar refractivity (Wildman–Crippen MR) is 67.3 cm³/mol. The first-order valence-corrected chi connectivity index (χ1v) is 7.17. The number of aromatic nitrogens is 2. The third-order valence-electron chi connectivity index (χ3n) is 2.52. The molecular weight excluding hydrogens is 286 g/mol. The topological polar surface area (TPSA) is 114 Å². The van der Waals surface area contributed by atoms with E-state index in [9.17, 15) is 13.2 Å². The van der Waals surface area contributed by atoms with Gasteiger partial charge in [-0.05, 0) is 19.1 Å². The number of aliphatic carboxylic acids is 1. The number of carboxylic acids is 1. The summed E-state index contributed by atoms with van der Waals surface area (Å²) in [5.41, 5.74) is 0. The fourth-order valence-electron chi connectivity index (χ4n) is 1.60. The Labute approximate surface area is 115 Å². The number of rotatable bonds is 6. The Morgan fingerprint density at radius 2 is 2.35 bits per heavy atom. The summed E-state index contributed by atoms with van der Waals surface area (Å²) in [6, 6.07) is 2.77. The van der Waals surface area contributed by atoms with Crippen LogP contribution in [-0.2, 0) is 21.4 Å². The van der Waals surface area contributed by atoms with E-state index in [1.54, 1.807) is 19.1 Å². The van der Waals surface area contributed by atoms with Crippen molar-refractivity contribution in [2.75, 3.05) is 0 Å². The molecule has 0 aromatic carbocycles. The number of nitrogens with zero attached hydrogens (tertiary/aromatic N) is 2. The van der Waals surface area contributed by atoms with Gasteiger partial charge in [-0.15, -0.1) is 0 Å². The predicted octanol–water partition coefficient (Wildman–Crippen LogP) is 0.600. The van der Waals surface area contributed by atoms with Crippen LogP contribution in [0.25, 0.3) is 0 Å². The summed E-state index contributed by atoms with van der Waals surface area (Å²) >= 11 is 0. The third-order valence-corrected chi connectivity index (χ3v) is 4.01. The molecule has 0 saturated heterocycles. The summed E-state index contributed by atoms with van der Waals surface area (Å²) in [5.74, 6) is -0.625. The van der Waals surface area contributed by atoms with Crippen molar-refractivity contribution >= 4 is 16.0 Å². The van der Waals surface area contributed by atoms with Gasteiger partial charge in [0.2, 0.25) is 10.0 Å². The van der Waals surface area contributed by atoms with E-state index in [0.717, 1.165) is 17.1 Å². The molecule has 0 amide bonds. The molecule has 0 radical (unpaired) electrons. The Bertz CT molecular complexity index is 689. The largest absolute Gasteiger partial charge is 0.480 e. The molecule has 0 aliphatic heterocycles. The van der Waals surface area contributed by atoms with Crippen LogP contribution in [0.3, 0.4) is 0 Å². The zero-order chi connectivity index (χ0) is 14.8. The molecule has 2 heterocycles. The molecule has 0 fully saturated rings. The Morgan fingerprint density at radius 1 is 1.60 bits per heavy atom. The molecule has 0 aliphatic carbocycles. The van der Waals surface area contributed by atoms with Crippen molar-refractivity contribution in [1.82, 2.24) is 14.5 Å². The van der Waals surface area contributed by atoms with Crippen LogP contribution in [-0.4, -0.2) is 29.3 Å². The lowest BCUT2D eigenvalue weighted by atomic mass is 10.3. The number of carbonyl (C=O) groups is 1. The van der Waals surface area contributed by atoms with Crippen LogP contribution >= 0.6 is 0 Å². The molecule has 0 aliphatic rings. The number of furan rings is 1. The molecule has 0 bridgehead atoms. The Hall–Kier alpha value is -2.13. The molecule has 108 valence electrons. The van der Waals surface area contributed by atoms with Crippen LogP contribution in [0, 0.1) is 0 Å². The van der Waals surface area contributed by atoms with E-state index in [4.69, 9.17) is 9.52 Å². The van der Waals surface area contributed by atoms with Gasteiger partial charge in [0, 0.05) is 6.20 Å². The quantitative estimate of drug-likeness (QED) is 0.807. The monoisotopic (exact) mass is 299 g/mol. The van der Waals surface area contributed by atoms with Crippen molar-refractivity contribution in [3.63, 3.8) is 0 Å². The number of nitrogens with one attached hydrogen (secondary N) is 1. The minimum atomic E-state index is -3.79. The van der Waals surface area contributed by atoms with Crippen LogP contribution in [0.1, 0.15) is 18.7 Å². The van der Waals surface area contributed by atoms with E-state index in [0.29, 0.717) is 5.76 Å². The lowest BCUT2D eigenvalue weighted by molar-refractivity contribution is -0.137. The summed E-state index contributed by atoms with van der Waals surface area (Å²) in [7, 11) is -3.79. The summed E-state index contributed by atoms with van der Waals surface area (Å²) in [5, 5.41) is 12.3. The van der Waals surface area contributed by atoms with Gasteiger partial charge in [0.1, 0.15) is 17.2 Å². The molecule has 2 N–H and O–H groups in total. The van der Waals surface area contributed by atoms with E-state index in [1.165, 1.54) is 6.26 Å². The number of hydrogen-bond acceptors (Lipinski definition) is 5. The van der Waals surface area contributed by atoms with Gasteiger partial charge >= 0.3 is 5.97 Å². The summed E-state index contributed by atoms with van der Waals surface area (Å²) in [4.78, 5) is 10.4. The summed E-state index contributed by atoms with van der Waals surface area (Å²) in [6.45, 7) is 1.24. The molecule has 2 aromatic heterocycles. The second kappa shape index (κ2) is 5.47. The highest BCUT2D eigenvalue weighted by Gasteiger charge is 2.21. The fraction of sp³-hybridized carbons (Fsp3) is 0.273. The van der Waals surface area contributed by atoms with Crippen molar-refractivity contribution in [1.29, 1.82) is 0 Å². The van der Waals surface area contributed by atoms with Crippen molar-refractivity contribution in [2.45, 2.75) is 24.4 Å². The van der Waals surface area contributed by atoms with Gasteiger partial charge in [0.15, 0.2) is 0 Å². The van der Waals surface area contributed by atoms with E-state index in [2.05, 4.69) is 9.82 Å². The Balaban J connectivity index is 2.14. The molecule has 8 nitrogen and oxygen atoms in total. The van der Waals surface area contributed by atoms with Gasteiger partial charge in [0.05, 0.1) is 18.5 Å². The van der Waals surface area contributed by atoms with Crippen LogP contribution in [0.4, 0.5) is 0 Å². The number of hydrogen-bond donors (Lipinski definition) is 2. The zero-order valence-electron chi connectivity index (χ0n) is 10.6. The van der Waals surface area contributed by atoms with Crippen LogP contribution < -0.4 is 4.72 Å². The molecule has 2 aromatic rings. The van der Waals surface area contributed by atoms with Gasteiger partial charge in [0.25, 0.3) is 0 Å². The number of carboxylic acid groups (broad SMARTS) is 1. The SMILES string of the molecule is CC(NS(=O)(=O)c1cnn(CC(=O)O)c1)c1ccco1. The standard InChI is InChI=1S/C11H13N3O5S/c1-8(10-3-2-4-19-10)13-20(17,18)9-5-12-14(6-9)7-11(15)16/h2-6,8,13H,7H2,1H3,(H,15,16). The van der Waals surface area contributed by atoms with Gasteiger partial charge in [-0.1, -0.05) is 0 Å². The summed E-state index contributed by atoms with van der Waals surface area (Å²) in [6.07, 6.45) is 3.70. The smallest absolute Gasteiger partial charge is 0.325 e. The molecule has 1 atom stereocenters. The second-order valence-corrected chi connectivity index (χ2v) is 5.84. The minimum absolute atomic E-state index is 0.0999. The first kappa shape index (κ1) is 14.3. The zero-order valence-corrected chi connectivity index (χ0v) is 11.4. The van der Waals surface area contributed by atoms with Crippen molar-refractivity contribution < 1.29 is 22.7 Å². The van der Waals surface area contributed by atoms with Crippen LogP contribution in [0.5, 0.6) is 0 Å². The molecule has 9 heteroatoms. The minimum Gasteiger partial charge on any atom is -0.480 e. The van der Waals surface area contributed by atoms with Gasteiger partial charge in [-0.3, -0.25) is 9.48 Å². The van der Waals surface area contributed by atoms with E-state index in [1.807, 2.05) is 0 Å². The second-order valence-electron chi connectivity index (χ2n) is 4.13. The lowest BCUT2D eigenvalue weighted by Gasteiger charge is -2.10. The van der Waals surface area contributed by atoms with Crippen molar-refractivity contribution in [3.8, 4) is 0 Å². The molecule has 0 spiro atoms. The van der Waals surface area contributed by atoms with Crippen molar-refractivity contribution in [2.24, 2.45) is 0 Å².